The first-order chi connectivity index (χ1) is 9.78. The second-order valence-corrected chi connectivity index (χ2v) is 5.78. The van der Waals surface area contributed by atoms with Crippen molar-refractivity contribution in [2.45, 2.75) is 38.6 Å². The largest absolute Gasteiger partial charge is 0.381 e. The second-order valence-electron chi connectivity index (χ2n) is 5.78. The third-order valence-corrected chi connectivity index (χ3v) is 4.26. The molecule has 1 fully saturated rings. The predicted octanol–water partition coefficient (Wildman–Crippen LogP) is 4.10. The lowest BCUT2D eigenvalue weighted by atomic mass is 9.87. The van der Waals surface area contributed by atoms with Gasteiger partial charge in [-0.05, 0) is 37.7 Å². The van der Waals surface area contributed by atoms with Crippen molar-refractivity contribution in [2.24, 2.45) is 5.92 Å². The zero-order chi connectivity index (χ0) is 13.9. The Bertz CT molecular complexity index is 649. The molecule has 1 aromatic carbocycles. The molecular formula is C17H19N3. The van der Waals surface area contributed by atoms with E-state index in [4.69, 9.17) is 0 Å². The predicted molar refractivity (Wildman–Crippen MR) is 81.5 cm³/mol. The molecule has 0 saturated heterocycles. The maximum Gasteiger partial charge on any atom is 0.103 e. The standard InChI is InChI=1S/C17H19N3/c1-12-6-8-14(9-7-12)20-17-13(10-18)11-19-16-5-3-2-4-15(16)17/h2-5,11-12,14H,6-9H2,1H3,(H,19,20). The summed E-state index contributed by atoms with van der Waals surface area (Å²) in [6.07, 6.45) is 6.58. The van der Waals surface area contributed by atoms with E-state index in [1.54, 1.807) is 6.20 Å². The number of hydrogen-bond donors (Lipinski definition) is 1. The molecule has 1 aromatic heterocycles. The summed E-state index contributed by atoms with van der Waals surface area (Å²) in [5, 5.41) is 14.0. The van der Waals surface area contributed by atoms with Gasteiger partial charge in [0.25, 0.3) is 0 Å². The molecular weight excluding hydrogens is 246 g/mol. The molecule has 102 valence electrons. The zero-order valence-electron chi connectivity index (χ0n) is 11.8. The summed E-state index contributed by atoms with van der Waals surface area (Å²) in [5.41, 5.74) is 2.54. The van der Waals surface area contributed by atoms with Gasteiger partial charge in [-0.15, -0.1) is 0 Å². The topological polar surface area (TPSA) is 48.7 Å². The molecule has 0 atom stereocenters. The van der Waals surface area contributed by atoms with E-state index in [0.29, 0.717) is 11.6 Å². The van der Waals surface area contributed by atoms with Crippen molar-refractivity contribution in [3.8, 4) is 6.07 Å². The number of aromatic nitrogens is 1. The minimum atomic E-state index is 0.476. The number of pyridine rings is 1. The van der Waals surface area contributed by atoms with Crippen LogP contribution in [-0.4, -0.2) is 11.0 Å². The third-order valence-electron chi connectivity index (χ3n) is 4.26. The fourth-order valence-electron chi connectivity index (χ4n) is 2.99. The minimum Gasteiger partial charge on any atom is -0.381 e. The Hall–Kier alpha value is -2.08. The van der Waals surface area contributed by atoms with Crippen LogP contribution < -0.4 is 5.32 Å². The first-order valence-electron chi connectivity index (χ1n) is 7.32. The molecule has 0 spiro atoms. The van der Waals surface area contributed by atoms with Crippen LogP contribution in [0.5, 0.6) is 0 Å². The summed E-state index contributed by atoms with van der Waals surface area (Å²) in [7, 11) is 0. The van der Waals surface area contributed by atoms with Crippen LogP contribution in [-0.2, 0) is 0 Å². The second kappa shape index (κ2) is 5.50. The lowest BCUT2D eigenvalue weighted by Gasteiger charge is -2.28. The molecule has 1 saturated carbocycles. The molecule has 20 heavy (non-hydrogen) atoms. The van der Waals surface area contributed by atoms with E-state index >= 15 is 0 Å². The van der Waals surface area contributed by atoms with Gasteiger partial charge in [-0.3, -0.25) is 4.98 Å². The van der Waals surface area contributed by atoms with Crippen LogP contribution in [0.15, 0.2) is 30.5 Å². The van der Waals surface area contributed by atoms with Gasteiger partial charge in [0.2, 0.25) is 0 Å². The molecule has 0 amide bonds. The summed E-state index contributed by atoms with van der Waals surface area (Å²) in [6, 6.07) is 10.7. The molecule has 0 bridgehead atoms. The summed E-state index contributed by atoms with van der Waals surface area (Å²) in [6.45, 7) is 2.32. The molecule has 3 heteroatoms. The van der Waals surface area contributed by atoms with Crippen LogP contribution in [0, 0.1) is 17.2 Å². The number of nitriles is 1. The monoisotopic (exact) mass is 265 g/mol. The average molecular weight is 265 g/mol. The van der Waals surface area contributed by atoms with E-state index in [0.717, 1.165) is 22.5 Å². The normalized spacial score (nSPS) is 22.4. The third kappa shape index (κ3) is 2.46. The SMILES string of the molecule is CC1CCC(Nc2c(C#N)cnc3ccccc23)CC1. The average Bonchev–Trinajstić information content (AvgIpc) is 2.50. The number of para-hydroxylation sites is 1. The van der Waals surface area contributed by atoms with Crippen molar-refractivity contribution in [3.63, 3.8) is 0 Å². The maximum absolute atomic E-state index is 9.32. The Morgan fingerprint density at radius 3 is 2.70 bits per heavy atom. The van der Waals surface area contributed by atoms with E-state index < -0.39 is 0 Å². The Kier molecular flexibility index (Phi) is 3.56. The van der Waals surface area contributed by atoms with Gasteiger partial charge in [0.05, 0.1) is 16.8 Å². The number of rotatable bonds is 2. The molecule has 3 rings (SSSR count). The van der Waals surface area contributed by atoms with Crippen LogP contribution in [0.1, 0.15) is 38.2 Å². The van der Waals surface area contributed by atoms with Crippen molar-refractivity contribution in [1.82, 2.24) is 4.98 Å². The number of hydrogen-bond acceptors (Lipinski definition) is 3. The molecule has 1 aliphatic carbocycles. The van der Waals surface area contributed by atoms with E-state index in [2.05, 4.69) is 23.3 Å². The Morgan fingerprint density at radius 1 is 1.20 bits per heavy atom. The van der Waals surface area contributed by atoms with Gasteiger partial charge in [0, 0.05) is 17.6 Å². The molecule has 3 nitrogen and oxygen atoms in total. The molecule has 1 aliphatic rings. The Balaban J connectivity index is 1.95. The van der Waals surface area contributed by atoms with Crippen LogP contribution in [0.4, 0.5) is 5.69 Å². The summed E-state index contributed by atoms with van der Waals surface area (Å²) in [4.78, 5) is 4.36. The number of nitrogens with one attached hydrogen (secondary N) is 1. The number of benzene rings is 1. The van der Waals surface area contributed by atoms with E-state index in [1.165, 1.54) is 25.7 Å². The zero-order valence-corrected chi connectivity index (χ0v) is 11.8. The van der Waals surface area contributed by atoms with E-state index in [1.807, 2.05) is 24.3 Å². The van der Waals surface area contributed by atoms with Crippen LogP contribution in [0.2, 0.25) is 0 Å². The summed E-state index contributed by atoms with van der Waals surface area (Å²) >= 11 is 0. The van der Waals surface area contributed by atoms with Gasteiger partial charge in [-0.25, -0.2) is 0 Å². The lowest BCUT2D eigenvalue weighted by molar-refractivity contribution is 0.361. The van der Waals surface area contributed by atoms with Gasteiger partial charge in [-0.2, -0.15) is 5.26 Å². The number of nitrogens with zero attached hydrogens (tertiary/aromatic N) is 2. The Labute approximate surface area is 119 Å². The van der Waals surface area contributed by atoms with E-state index in [9.17, 15) is 5.26 Å². The van der Waals surface area contributed by atoms with Crippen LogP contribution in [0.3, 0.4) is 0 Å². The lowest BCUT2D eigenvalue weighted by Crippen LogP contribution is -2.25. The quantitative estimate of drug-likeness (QED) is 0.889. The first-order valence-corrected chi connectivity index (χ1v) is 7.32. The molecule has 0 unspecified atom stereocenters. The smallest absolute Gasteiger partial charge is 0.103 e. The number of fused-ring (bicyclic) bond motifs is 1. The fraction of sp³-hybridized carbons (Fsp3) is 0.412. The highest BCUT2D eigenvalue weighted by Gasteiger charge is 2.20. The highest BCUT2D eigenvalue weighted by Crippen LogP contribution is 2.30. The summed E-state index contributed by atoms with van der Waals surface area (Å²) in [5.74, 6) is 0.831. The first kappa shape index (κ1) is 12.9. The number of anilines is 1. The van der Waals surface area contributed by atoms with Crippen molar-refractivity contribution < 1.29 is 0 Å². The van der Waals surface area contributed by atoms with Gasteiger partial charge in [0.1, 0.15) is 6.07 Å². The molecule has 0 radical (unpaired) electrons. The van der Waals surface area contributed by atoms with Crippen molar-refractivity contribution in [3.05, 3.63) is 36.0 Å². The van der Waals surface area contributed by atoms with Crippen molar-refractivity contribution in [2.75, 3.05) is 5.32 Å². The van der Waals surface area contributed by atoms with Gasteiger partial charge >= 0.3 is 0 Å². The van der Waals surface area contributed by atoms with E-state index in [-0.39, 0.29) is 0 Å². The highest BCUT2D eigenvalue weighted by atomic mass is 14.9. The molecule has 2 aromatic rings. The summed E-state index contributed by atoms with van der Waals surface area (Å²) < 4.78 is 0. The van der Waals surface area contributed by atoms with Crippen LogP contribution in [0.25, 0.3) is 10.9 Å². The van der Waals surface area contributed by atoms with Crippen LogP contribution >= 0.6 is 0 Å². The van der Waals surface area contributed by atoms with Crippen molar-refractivity contribution >= 4 is 16.6 Å². The van der Waals surface area contributed by atoms with Gasteiger partial charge in [-0.1, -0.05) is 25.1 Å². The maximum atomic E-state index is 9.32. The Morgan fingerprint density at radius 2 is 1.95 bits per heavy atom. The highest BCUT2D eigenvalue weighted by molar-refractivity contribution is 5.93. The molecule has 1 heterocycles. The fourth-order valence-corrected chi connectivity index (χ4v) is 2.99. The molecule has 0 aliphatic heterocycles. The molecule has 1 N–H and O–H groups in total. The van der Waals surface area contributed by atoms with Crippen molar-refractivity contribution in [1.29, 1.82) is 5.26 Å². The van der Waals surface area contributed by atoms with Gasteiger partial charge in [0.15, 0.2) is 0 Å². The minimum absolute atomic E-state index is 0.476. The van der Waals surface area contributed by atoms with Gasteiger partial charge < -0.3 is 5.32 Å².